The molecule has 0 saturated heterocycles. The molecule has 0 bridgehead atoms. The number of hydrogen-bond acceptors (Lipinski definition) is 3. The summed E-state index contributed by atoms with van der Waals surface area (Å²) in [7, 11) is 0.705. The first-order chi connectivity index (χ1) is 3.91. The van der Waals surface area contributed by atoms with Crippen molar-refractivity contribution in [3.63, 3.8) is 0 Å². The summed E-state index contributed by atoms with van der Waals surface area (Å²) >= 11 is 0. The van der Waals surface area contributed by atoms with Gasteiger partial charge in [-0.2, -0.15) is 0 Å². The molecule has 3 N–H and O–H groups in total. The Hall–Kier alpha value is -0.0551. The Morgan fingerprint density at radius 1 is 1.50 bits per heavy atom. The normalized spacial score (nSPS) is 9.25. The van der Waals surface area contributed by atoms with Gasteiger partial charge in [0.1, 0.15) is 0 Å². The van der Waals surface area contributed by atoms with Crippen LogP contribution in [0.1, 0.15) is 12.8 Å². The van der Waals surface area contributed by atoms with Crippen LogP contribution in [0.4, 0.5) is 0 Å². The first kappa shape index (κ1) is 7.94. The van der Waals surface area contributed by atoms with E-state index in [-0.39, 0.29) is 0 Å². The quantitative estimate of drug-likeness (QED) is 0.367. The predicted molar refractivity (Wildman–Crippen MR) is 32.2 cm³/mol. The summed E-state index contributed by atoms with van der Waals surface area (Å²) < 4.78 is 4.51. The standard InChI is InChI=1S/C4H11BNO2/c6-3-1-2-4-8-5-7/h7H,1-4,6H2. The van der Waals surface area contributed by atoms with E-state index in [9.17, 15) is 0 Å². The highest BCUT2D eigenvalue weighted by Gasteiger charge is 1.85. The predicted octanol–water partition coefficient (Wildman–Crippen LogP) is -0.732. The molecule has 0 atom stereocenters. The topological polar surface area (TPSA) is 55.5 Å². The van der Waals surface area contributed by atoms with Gasteiger partial charge < -0.3 is 15.4 Å². The van der Waals surface area contributed by atoms with Crippen molar-refractivity contribution in [1.82, 2.24) is 0 Å². The van der Waals surface area contributed by atoms with Gasteiger partial charge in [0, 0.05) is 6.61 Å². The second-order valence-corrected chi connectivity index (χ2v) is 1.47. The molecule has 47 valence electrons. The third kappa shape index (κ3) is 5.94. The van der Waals surface area contributed by atoms with Crippen molar-refractivity contribution < 1.29 is 9.68 Å². The lowest BCUT2D eigenvalue weighted by atomic mass is 10.3. The van der Waals surface area contributed by atoms with Crippen molar-refractivity contribution in [2.24, 2.45) is 5.73 Å². The first-order valence-electron chi connectivity index (χ1n) is 2.69. The highest BCUT2D eigenvalue weighted by molar-refractivity contribution is 6.15. The second-order valence-electron chi connectivity index (χ2n) is 1.47. The van der Waals surface area contributed by atoms with E-state index in [1.807, 2.05) is 0 Å². The molecular weight excluding hydrogens is 105 g/mol. The molecular formula is C4H11BNO2. The van der Waals surface area contributed by atoms with E-state index in [1.165, 1.54) is 0 Å². The molecule has 1 radical (unpaired) electrons. The molecule has 0 aromatic carbocycles. The molecule has 0 aliphatic rings. The Labute approximate surface area is 50.1 Å². The van der Waals surface area contributed by atoms with E-state index in [1.54, 1.807) is 0 Å². The van der Waals surface area contributed by atoms with Crippen molar-refractivity contribution in [3.8, 4) is 0 Å². The average Bonchev–Trinajstić information content (AvgIpc) is 1.81. The lowest BCUT2D eigenvalue weighted by molar-refractivity contribution is 0.277. The van der Waals surface area contributed by atoms with Gasteiger partial charge in [0.2, 0.25) is 0 Å². The lowest BCUT2D eigenvalue weighted by Crippen LogP contribution is -2.03. The fraction of sp³-hybridized carbons (Fsp3) is 1.00. The maximum Gasteiger partial charge on any atom is 0.485 e. The minimum Gasteiger partial charge on any atom is -0.429 e. The van der Waals surface area contributed by atoms with Gasteiger partial charge in [-0.3, -0.25) is 0 Å². The van der Waals surface area contributed by atoms with Crippen LogP contribution in [0.3, 0.4) is 0 Å². The third-order valence-electron chi connectivity index (χ3n) is 0.791. The van der Waals surface area contributed by atoms with E-state index >= 15 is 0 Å². The summed E-state index contributed by atoms with van der Waals surface area (Å²) in [4.78, 5) is 0. The number of nitrogens with two attached hydrogens (primary N) is 1. The van der Waals surface area contributed by atoms with Crippen LogP contribution < -0.4 is 5.73 Å². The third-order valence-corrected chi connectivity index (χ3v) is 0.791. The summed E-state index contributed by atoms with van der Waals surface area (Å²) in [5, 5.41) is 7.99. The van der Waals surface area contributed by atoms with E-state index in [2.05, 4.69) is 4.65 Å². The molecule has 0 aromatic rings. The zero-order valence-electron chi connectivity index (χ0n) is 4.84. The summed E-state index contributed by atoms with van der Waals surface area (Å²) in [5.41, 5.74) is 5.18. The van der Waals surface area contributed by atoms with Crippen LogP contribution in [0.15, 0.2) is 0 Å². The van der Waals surface area contributed by atoms with Crippen LogP contribution >= 0.6 is 0 Å². The van der Waals surface area contributed by atoms with Crippen molar-refractivity contribution >= 4 is 7.69 Å². The first-order valence-corrected chi connectivity index (χ1v) is 2.69. The van der Waals surface area contributed by atoms with Gasteiger partial charge in [-0.15, -0.1) is 0 Å². The Balaban J connectivity index is 2.53. The molecule has 0 aromatic heterocycles. The van der Waals surface area contributed by atoms with Crippen molar-refractivity contribution in [3.05, 3.63) is 0 Å². The molecule has 0 unspecified atom stereocenters. The molecule has 8 heavy (non-hydrogen) atoms. The Morgan fingerprint density at radius 2 is 2.25 bits per heavy atom. The van der Waals surface area contributed by atoms with E-state index in [0.29, 0.717) is 20.8 Å². The molecule has 3 nitrogen and oxygen atoms in total. The summed E-state index contributed by atoms with van der Waals surface area (Å²) in [6, 6.07) is 0. The Kier molecular flexibility index (Phi) is 6.90. The number of unbranched alkanes of at least 4 members (excludes halogenated alkanes) is 1. The maximum atomic E-state index is 7.99. The summed E-state index contributed by atoms with van der Waals surface area (Å²) in [6.07, 6.45) is 1.86. The van der Waals surface area contributed by atoms with Crippen LogP contribution in [0.25, 0.3) is 0 Å². The molecule has 0 aliphatic carbocycles. The van der Waals surface area contributed by atoms with E-state index in [4.69, 9.17) is 10.8 Å². The van der Waals surface area contributed by atoms with Crippen molar-refractivity contribution in [2.75, 3.05) is 13.2 Å². The van der Waals surface area contributed by atoms with Crippen LogP contribution in [0.2, 0.25) is 0 Å². The molecule has 0 spiro atoms. The summed E-state index contributed by atoms with van der Waals surface area (Å²) in [6.45, 7) is 1.25. The van der Waals surface area contributed by atoms with E-state index in [0.717, 1.165) is 12.8 Å². The highest BCUT2D eigenvalue weighted by atomic mass is 16.5. The molecule has 0 aliphatic heterocycles. The molecule has 0 heterocycles. The monoisotopic (exact) mass is 116 g/mol. The Bertz CT molecular complexity index is 39.0. The zero-order valence-corrected chi connectivity index (χ0v) is 4.84. The molecule has 4 heteroatoms. The van der Waals surface area contributed by atoms with Crippen LogP contribution in [0, 0.1) is 0 Å². The largest absolute Gasteiger partial charge is 0.485 e. The van der Waals surface area contributed by atoms with Crippen molar-refractivity contribution in [1.29, 1.82) is 0 Å². The number of rotatable bonds is 5. The van der Waals surface area contributed by atoms with Crippen molar-refractivity contribution in [2.45, 2.75) is 12.8 Å². The van der Waals surface area contributed by atoms with Gasteiger partial charge in [0.05, 0.1) is 0 Å². The smallest absolute Gasteiger partial charge is 0.429 e. The van der Waals surface area contributed by atoms with Gasteiger partial charge >= 0.3 is 7.69 Å². The zero-order chi connectivity index (χ0) is 6.24. The van der Waals surface area contributed by atoms with Crippen LogP contribution in [0.5, 0.6) is 0 Å². The van der Waals surface area contributed by atoms with Gasteiger partial charge in [0.15, 0.2) is 0 Å². The van der Waals surface area contributed by atoms with Gasteiger partial charge in [-0.1, -0.05) is 0 Å². The van der Waals surface area contributed by atoms with E-state index < -0.39 is 0 Å². The van der Waals surface area contributed by atoms with Crippen LogP contribution in [-0.2, 0) is 4.65 Å². The fourth-order valence-electron chi connectivity index (χ4n) is 0.382. The minimum absolute atomic E-state index is 0.563. The fourth-order valence-corrected chi connectivity index (χ4v) is 0.382. The second kappa shape index (κ2) is 6.94. The Morgan fingerprint density at radius 3 is 2.75 bits per heavy atom. The number of hydrogen-bond donors (Lipinski definition) is 2. The average molecular weight is 116 g/mol. The summed E-state index contributed by atoms with van der Waals surface area (Å²) in [5.74, 6) is 0. The highest BCUT2D eigenvalue weighted by Crippen LogP contribution is 1.84. The van der Waals surface area contributed by atoms with Gasteiger partial charge in [-0.05, 0) is 19.4 Å². The lowest BCUT2D eigenvalue weighted by Gasteiger charge is -1.95. The van der Waals surface area contributed by atoms with Gasteiger partial charge in [-0.25, -0.2) is 0 Å². The molecule has 0 amide bonds. The molecule has 0 fully saturated rings. The van der Waals surface area contributed by atoms with Crippen LogP contribution in [-0.4, -0.2) is 25.9 Å². The minimum atomic E-state index is 0.563. The maximum absolute atomic E-state index is 7.99. The van der Waals surface area contributed by atoms with Gasteiger partial charge in [0.25, 0.3) is 0 Å². The molecule has 0 rings (SSSR count). The SMILES string of the molecule is NCCCCO[B]O. The molecule has 0 saturated carbocycles.